The van der Waals surface area contributed by atoms with Crippen molar-refractivity contribution in [1.82, 2.24) is 9.62 Å². The monoisotopic (exact) mass is 415 g/mol. The summed E-state index contributed by atoms with van der Waals surface area (Å²) in [5, 5.41) is 2.57. The average molecular weight is 415 g/mol. The van der Waals surface area contributed by atoms with E-state index in [0.717, 1.165) is 4.90 Å². The van der Waals surface area contributed by atoms with E-state index in [-0.39, 0.29) is 22.1 Å². The van der Waals surface area contributed by atoms with Gasteiger partial charge in [-0.25, -0.2) is 13.1 Å². The molecule has 0 radical (unpaired) electrons. The first-order valence-corrected chi connectivity index (χ1v) is 10.6. The van der Waals surface area contributed by atoms with E-state index in [1.54, 1.807) is 31.2 Å². The molecule has 0 spiro atoms. The standard InChI is InChI=1S/C20H21N3O5S/c1-3-13(2)22-29(27,28)15-10-8-14(9-11-15)21-18(24)12-23-19(25)16-6-4-5-7-17(16)20(23)26/h4-11,13,22H,3,12H2,1-2H3,(H,21,24). The van der Waals surface area contributed by atoms with Crippen molar-refractivity contribution in [1.29, 1.82) is 0 Å². The van der Waals surface area contributed by atoms with Crippen LogP contribution >= 0.6 is 0 Å². The lowest BCUT2D eigenvalue weighted by Crippen LogP contribution is -2.37. The van der Waals surface area contributed by atoms with Crippen LogP contribution in [0.3, 0.4) is 0 Å². The smallest absolute Gasteiger partial charge is 0.262 e. The third-order valence-electron chi connectivity index (χ3n) is 4.60. The van der Waals surface area contributed by atoms with Gasteiger partial charge in [-0.1, -0.05) is 19.1 Å². The fraction of sp³-hybridized carbons (Fsp3) is 0.250. The first-order chi connectivity index (χ1) is 13.7. The van der Waals surface area contributed by atoms with Crippen LogP contribution in [0.5, 0.6) is 0 Å². The van der Waals surface area contributed by atoms with Gasteiger partial charge in [-0.15, -0.1) is 0 Å². The number of hydrogen-bond acceptors (Lipinski definition) is 5. The molecule has 3 amide bonds. The largest absolute Gasteiger partial charge is 0.325 e. The quantitative estimate of drug-likeness (QED) is 0.672. The Morgan fingerprint density at radius 2 is 1.55 bits per heavy atom. The highest BCUT2D eigenvalue weighted by Crippen LogP contribution is 2.22. The summed E-state index contributed by atoms with van der Waals surface area (Å²) >= 11 is 0. The number of imide groups is 1. The fourth-order valence-electron chi connectivity index (χ4n) is 2.86. The fourth-order valence-corrected chi connectivity index (χ4v) is 4.19. The number of carbonyl (C=O) groups is 3. The Balaban J connectivity index is 1.65. The summed E-state index contributed by atoms with van der Waals surface area (Å²) < 4.78 is 27.1. The number of sulfonamides is 1. The van der Waals surface area contributed by atoms with Crippen LogP contribution in [-0.2, 0) is 14.8 Å². The van der Waals surface area contributed by atoms with E-state index in [0.29, 0.717) is 12.1 Å². The number of anilines is 1. The van der Waals surface area contributed by atoms with Gasteiger partial charge in [-0.2, -0.15) is 0 Å². The van der Waals surface area contributed by atoms with Gasteiger partial charge in [-0.3, -0.25) is 19.3 Å². The average Bonchev–Trinajstić information content (AvgIpc) is 2.93. The molecule has 1 atom stereocenters. The summed E-state index contributed by atoms with van der Waals surface area (Å²) in [6.07, 6.45) is 0.658. The van der Waals surface area contributed by atoms with Crippen molar-refractivity contribution in [2.45, 2.75) is 31.2 Å². The molecule has 1 unspecified atom stereocenters. The summed E-state index contributed by atoms with van der Waals surface area (Å²) in [6.45, 7) is 3.22. The highest BCUT2D eigenvalue weighted by Gasteiger charge is 2.36. The molecule has 2 N–H and O–H groups in total. The topological polar surface area (TPSA) is 113 Å². The van der Waals surface area contributed by atoms with Gasteiger partial charge in [-0.05, 0) is 49.7 Å². The lowest BCUT2D eigenvalue weighted by Gasteiger charge is -2.14. The van der Waals surface area contributed by atoms with E-state index in [4.69, 9.17) is 0 Å². The van der Waals surface area contributed by atoms with Gasteiger partial charge in [0.05, 0.1) is 16.0 Å². The summed E-state index contributed by atoms with van der Waals surface area (Å²) in [5.74, 6) is -1.59. The molecule has 2 aromatic carbocycles. The summed E-state index contributed by atoms with van der Waals surface area (Å²) in [6, 6.07) is 11.8. The second kappa shape index (κ2) is 8.14. The molecule has 0 saturated carbocycles. The van der Waals surface area contributed by atoms with Crippen LogP contribution in [0.25, 0.3) is 0 Å². The van der Waals surface area contributed by atoms with Crippen molar-refractivity contribution in [3.63, 3.8) is 0 Å². The second-order valence-corrected chi connectivity index (χ2v) is 8.46. The Labute approximate surface area is 169 Å². The molecule has 0 aromatic heterocycles. The molecule has 1 aliphatic rings. The SMILES string of the molecule is CCC(C)NS(=O)(=O)c1ccc(NC(=O)CN2C(=O)c3ccccc3C2=O)cc1. The van der Waals surface area contributed by atoms with Gasteiger partial charge in [0.2, 0.25) is 15.9 Å². The molecular formula is C20H21N3O5S. The third kappa shape index (κ3) is 4.36. The first kappa shape index (κ1) is 20.7. The summed E-state index contributed by atoms with van der Waals surface area (Å²) in [7, 11) is -3.64. The number of fused-ring (bicyclic) bond motifs is 1. The van der Waals surface area contributed by atoms with Crippen molar-refractivity contribution in [2.24, 2.45) is 0 Å². The Kier molecular flexibility index (Phi) is 5.81. The molecule has 3 rings (SSSR count). The number of rotatable bonds is 7. The highest BCUT2D eigenvalue weighted by molar-refractivity contribution is 7.89. The zero-order valence-corrected chi connectivity index (χ0v) is 16.8. The minimum Gasteiger partial charge on any atom is -0.325 e. The molecule has 29 heavy (non-hydrogen) atoms. The number of hydrogen-bond donors (Lipinski definition) is 2. The van der Waals surface area contributed by atoms with Crippen LogP contribution in [-0.4, -0.2) is 43.6 Å². The van der Waals surface area contributed by atoms with Crippen LogP contribution in [0.1, 0.15) is 41.0 Å². The van der Waals surface area contributed by atoms with Gasteiger partial charge in [0.15, 0.2) is 0 Å². The van der Waals surface area contributed by atoms with Crippen molar-refractivity contribution >= 4 is 33.4 Å². The van der Waals surface area contributed by atoms with Crippen molar-refractivity contribution < 1.29 is 22.8 Å². The first-order valence-electron chi connectivity index (χ1n) is 9.10. The van der Waals surface area contributed by atoms with Crippen molar-refractivity contribution in [3.05, 3.63) is 59.7 Å². The third-order valence-corrected chi connectivity index (χ3v) is 6.20. The van der Waals surface area contributed by atoms with Crippen LogP contribution in [0, 0.1) is 0 Å². The van der Waals surface area contributed by atoms with Gasteiger partial charge in [0.25, 0.3) is 11.8 Å². The Hall–Kier alpha value is -3.04. The van der Waals surface area contributed by atoms with E-state index in [2.05, 4.69) is 10.0 Å². The number of nitrogens with one attached hydrogen (secondary N) is 2. The zero-order chi connectivity index (χ0) is 21.2. The van der Waals surface area contributed by atoms with Crippen molar-refractivity contribution in [3.8, 4) is 0 Å². The van der Waals surface area contributed by atoms with Crippen LogP contribution in [0.15, 0.2) is 53.4 Å². The predicted molar refractivity (Wildman–Crippen MR) is 107 cm³/mol. The summed E-state index contributed by atoms with van der Waals surface area (Å²) in [4.78, 5) is 37.9. The second-order valence-electron chi connectivity index (χ2n) is 6.75. The Bertz CT molecular complexity index is 1030. The van der Waals surface area contributed by atoms with E-state index >= 15 is 0 Å². The van der Waals surface area contributed by atoms with E-state index in [1.807, 2.05) is 6.92 Å². The van der Waals surface area contributed by atoms with Crippen LogP contribution in [0.4, 0.5) is 5.69 Å². The van der Waals surface area contributed by atoms with Crippen LogP contribution in [0.2, 0.25) is 0 Å². The predicted octanol–water partition coefficient (Wildman–Crippen LogP) is 2.00. The van der Waals surface area contributed by atoms with E-state index < -0.39 is 34.3 Å². The maximum absolute atomic E-state index is 12.3. The van der Waals surface area contributed by atoms with Gasteiger partial charge >= 0.3 is 0 Å². The van der Waals surface area contributed by atoms with E-state index in [1.165, 1.54) is 24.3 Å². The molecule has 0 bridgehead atoms. The molecule has 2 aromatic rings. The molecule has 0 fully saturated rings. The van der Waals surface area contributed by atoms with Crippen LogP contribution < -0.4 is 10.0 Å². The minimum atomic E-state index is -3.64. The molecule has 1 aliphatic heterocycles. The molecular weight excluding hydrogens is 394 g/mol. The molecule has 0 saturated heterocycles. The lowest BCUT2D eigenvalue weighted by atomic mass is 10.1. The molecule has 9 heteroatoms. The highest BCUT2D eigenvalue weighted by atomic mass is 32.2. The van der Waals surface area contributed by atoms with Gasteiger partial charge < -0.3 is 5.32 Å². The number of carbonyl (C=O) groups excluding carboxylic acids is 3. The Morgan fingerprint density at radius 3 is 2.07 bits per heavy atom. The Morgan fingerprint density at radius 1 is 1.00 bits per heavy atom. The molecule has 8 nitrogen and oxygen atoms in total. The van der Waals surface area contributed by atoms with E-state index in [9.17, 15) is 22.8 Å². The molecule has 0 aliphatic carbocycles. The zero-order valence-electron chi connectivity index (χ0n) is 16.0. The number of amides is 3. The number of nitrogens with zero attached hydrogens (tertiary/aromatic N) is 1. The molecule has 152 valence electrons. The summed E-state index contributed by atoms with van der Waals surface area (Å²) in [5.41, 5.74) is 0.899. The van der Waals surface area contributed by atoms with Gasteiger partial charge in [0.1, 0.15) is 6.54 Å². The normalized spacial score (nSPS) is 14.6. The maximum atomic E-state index is 12.3. The molecule has 1 heterocycles. The minimum absolute atomic E-state index is 0.0798. The van der Waals surface area contributed by atoms with Gasteiger partial charge in [0, 0.05) is 11.7 Å². The number of benzene rings is 2. The maximum Gasteiger partial charge on any atom is 0.262 e. The lowest BCUT2D eigenvalue weighted by molar-refractivity contribution is -0.116. The van der Waals surface area contributed by atoms with Crippen molar-refractivity contribution in [2.75, 3.05) is 11.9 Å².